The first-order chi connectivity index (χ1) is 8.88. The molecule has 0 bridgehead atoms. The molecule has 0 aliphatic carbocycles. The second kappa shape index (κ2) is 5.22. The van der Waals surface area contributed by atoms with Crippen molar-refractivity contribution in [1.29, 1.82) is 0 Å². The van der Waals surface area contributed by atoms with E-state index in [1.165, 1.54) is 0 Å². The molecule has 0 atom stereocenters. The normalized spacial score (nSPS) is 16.9. The molecule has 19 heavy (non-hydrogen) atoms. The van der Waals surface area contributed by atoms with Crippen molar-refractivity contribution in [2.24, 2.45) is 4.99 Å². The smallest absolute Gasteiger partial charge is 0.161 e. The first kappa shape index (κ1) is 14.5. The molecule has 0 amide bonds. The quantitative estimate of drug-likeness (QED) is 0.798. The van der Waals surface area contributed by atoms with Crippen molar-refractivity contribution in [2.75, 3.05) is 14.2 Å². The number of hydrogen-bond donors (Lipinski definition) is 0. The van der Waals surface area contributed by atoms with E-state index in [-0.39, 0.29) is 5.54 Å². The summed E-state index contributed by atoms with van der Waals surface area (Å²) >= 11 is 12.1. The van der Waals surface area contributed by atoms with Crippen molar-refractivity contribution in [3.05, 3.63) is 23.3 Å². The maximum atomic E-state index is 6.04. The second-order valence-electron chi connectivity index (χ2n) is 5.15. The number of hydrogen-bond acceptors (Lipinski definition) is 3. The van der Waals surface area contributed by atoms with Crippen LogP contribution >= 0.6 is 23.2 Å². The van der Waals surface area contributed by atoms with Crippen LogP contribution in [0.15, 0.2) is 17.1 Å². The van der Waals surface area contributed by atoms with Gasteiger partial charge in [0.15, 0.2) is 11.5 Å². The molecule has 3 nitrogen and oxygen atoms in total. The van der Waals surface area contributed by atoms with E-state index in [2.05, 4.69) is 18.8 Å². The van der Waals surface area contributed by atoms with Crippen LogP contribution < -0.4 is 9.47 Å². The molecule has 0 saturated heterocycles. The predicted octanol–water partition coefficient (Wildman–Crippen LogP) is 3.63. The maximum Gasteiger partial charge on any atom is 0.161 e. The number of rotatable bonds is 3. The molecule has 0 saturated carbocycles. The number of methoxy groups -OCH3 is 2. The average Bonchev–Trinajstić information content (AvgIpc) is 2.35. The summed E-state index contributed by atoms with van der Waals surface area (Å²) < 4.78 is 10.7. The summed E-state index contributed by atoms with van der Waals surface area (Å²) in [6.45, 7) is 4.12. The third kappa shape index (κ3) is 2.82. The lowest BCUT2D eigenvalue weighted by atomic mass is 9.87. The highest BCUT2D eigenvalue weighted by Gasteiger charge is 2.30. The molecule has 0 N–H and O–H groups in total. The number of benzene rings is 1. The number of alkyl halides is 2. The summed E-state index contributed by atoms with van der Waals surface area (Å²) in [5.41, 5.74) is 2.53. The van der Waals surface area contributed by atoms with E-state index in [1.54, 1.807) is 14.2 Å². The van der Waals surface area contributed by atoms with Crippen LogP contribution in [0.2, 0.25) is 0 Å². The van der Waals surface area contributed by atoms with E-state index in [9.17, 15) is 0 Å². The molecule has 1 aliphatic rings. The number of nitrogens with zero attached hydrogens (tertiary/aromatic N) is 1. The fourth-order valence-corrected chi connectivity index (χ4v) is 2.70. The van der Waals surface area contributed by atoms with Gasteiger partial charge in [-0.2, -0.15) is 0 Å². The van der Waals surface area contributed by atoms with Crippen molar-refractivity contribution in [3.8, 4) is 11.5 Å². The van der Waals surface area contributed by atoms with Crippen LogP contribution in [0.1, 0.15) is 25.0 Å². The van der Waals surface area contributed by atoms with Crippen LogP contribution in [0.25, 0.3) is 0 Å². The predicted molar refractivity (Wildman–Crippen MR) is 79.4 cm³/mol. The molecule has 2 rings (SSSR count). The number of halogens is 2. The first-order valence-corrected chi connectivity index (χ1v) is 6.88. The SMILES string of the molecule is COc1cc2c(cc1OC)C(C(Cl)Cl)=NC(C)(C)C2. The second-order valence-corrected chi connectivity index (χ2v) is 6.25. The Hall–Kier alpha value is -0.930. The van der Waals surface area contributed by atoms with E-state index in [0.29, 0.717) is 17.2 Å². The third-order valence-electron chi connectivity index (χ3n) is 3.14. The molecular formula is C14H17Cl2NO2. The number of aliphatic imine (C=N–C) groups is 1. The van der Waals surface area contributed by atoms with Crippen molar-refractivity contribution >= 4 is 28.9 Å². The summed E-state index contributed by atoms with van der Waals surface area (Å²) in [5.74, 6) is 1.36. The van der Waals surface area contributed by atoms with Gasteiger partial charge in [0.1, 0.15) is 4.84 Å². The van der Waals surface area contributed by atoms with Crippen molar-refractivity contribution in [1.82, 2.24) is 0 Å². The summed E-state index contributed by atoms with van der Waals surface area (Å²) in [6, 6.07) is 3.86. The van der Waals surface area contributed by atoms with Gasteiger partial charge >= 0.3 is 0 Å². The zero-order valence-electron chi connectivity index (χ0n) is 11.5. The zero-order valence-corrected chi connectivity index (χ0v) is 13.0. The minimum atomic E-state index is -0.656. The van der Waals surface area contributed by atoms with Gasteiger partial charge in [0, 0.05) is 5.56 Å². The Labute approximate surface area is 123 Å². The standard InChI is InChI=1S/C14H17Cl2NO2/c1-14(2)7-8-5-10(18-3)11(19-4)6-9(8)12(17-14)13(15)16/h5-6,13H,7H2,1-4H3. The van der Waals surface area contributed by atoms with Gasteiger partial charge in [0.2, 0.25) is 0 Å². The van der Waals surface area contributed by atoms with Gasteiger partial charge < -0.3 is 9.47 Å². The van der Waals surface area contributed by atoms with Crippen molar-refractivity contribution in [3.63, 3.8) is 0 Å². The monoisotopic (exact) mass is 301 g/mol. The minimum Gasteiger partial charge on any atom is -0.493 e. The van der Waals surface area contributed by atoms with E-state index in [4.69, 9.17) is 32.7 Å². The third-order valence-corrected chi connectivity index (χ3v) is 3.55. The largest absolute Gasteiger partial charge is 0.493 e. The minimum absolute atomic E-state index is 0.218. The lowest BCUT2D eigenvalue weighted by Crippen LogP contribution is -2.31. The fourth-order valence-electron chi connectivity index (χ4n) is 2.36. The van der Waals surface area contributed by atoms with E-state index in [1.807, 2.05) is 12.1 Å². The molecule has 1 aromatic rings. The van der Waals surface area contributed by atoms with Gasteiger partial charge in [0.25, 0.3) is 0 Å². The van der Waals surface area contributed by atoms with Gasteiger partial charge in [-0.25, -0.2) is 0 Å². The topological polar surface area (TPSA) is 30.8 Å². The lowest BCUT2D eigenvalue weighted by Gasteiger charge is -2.30. The van der Waals surface area contributed by atoms with Crippen LogP contribution in [-0.2, 0) is 6.42 Å². The van der Waals surface area contributed by atoms with Crippen molar-refractivity contribution < 1.29 is 9.47 Å². The molecule has 0 fully saturated rings. The highest BCUT2D eigenvalue weighted by atomic mass is 35.5. The summed E-state index contributed by atoms with van der Waals surface area (Å²) in [7, 11) is 3.23. The van der Waals surface area contributed by atoms with Crippen molar-refractivity contribution in [2.45, 2.75) is 30.6 Å². The molecule has 1 heterocycles. The fraction of sp³-hybridized carbons (Fsp3) is 0.500. The Kier molecular flexibility index (Phi) is 3.98. The van der Waals surface area contributed by atoms with Gasteiger partial charge in [-0.1, -0.05) is 23.2 Å². The van der Waals surface area contributed by atoms with Gasteiger partial charge in [-0.05, 0) is 38.0 Å². The Bertz CT molecular complexity index is 524. The zero-order chi connectivity index (χ0) is 14.2. The summed E-state index contributed by atoms with van der Waals surface area (Å²) in [4.78, 5) is 3.99. The Morgan fingerprint density at radius 2 is 1.74 bits per heavy atom. The number of fused-ring (bicyclic) bond motifs is 1. The Morgan fingerprint density at radius 1 is 1.16 bits per heavy atom. The molecule has 0 aromatic heterocycles. The molecule has 1 aliphatic heterocycles. The molecule has 0 spiro atoms. The molecule has 5 heteroatoms. The van der Waals surface area contributed by atoms with Gasteiger partial charge in [0.05, 0.1) is 25.5 Å². The van der Waals surface area contributed by atoms with Crippen LogP contribution in [0.4, 0.5) is 0 Å². The first-order valence-electron chi connectivity index (χ1n) is 6.01. The van der Waals surface area contributed by atoms with Gasteiger partial charge in [-0.15, -0.1) is 0 Å². The average molecular weight is 302 g/mol. The Morgan fingerprint density at radius 3 is 2.26 bits per heavy atom. The van der Waals surface area contributed by atoms with Crippen LogP contribution in [0.3, 0.4) is 0 Å². The highest BCUT2D eigenvalue weighted by molar-refractivity contribution is 6.56. The van der Waals surface area contributed by atoms with Gasteiger partial charge in [-0.3, -0.25) is 4.99 Å². The maximum absolute atomic E-state index is 6.04. The summed E-state index contributed by atoms with van der Waals surface area (Å²) in [5, 5.41) is 0. The molecule has 104 valence electrons. The molecular weight excluding hydrogens is 285 g/mol. The molecule has 0 unspecified atom stereocenters. The Balaban J connectivity index is 2.62. The molecule has 0 radical (unpaired) electrons. The highest BCUT2D eigenvalue weighted by Crippen LogP contribution is 2.37. The van der Waals surface area contributed by atoms with E-state index >= 15 is 0 Å². The lowest BCUT2D eigenvalue weighted by molar-refractivity contribution is 0.353. The molecule has 1 aromatic carbocycles. The van der Waals surface area contributed by atoms with E-state index in [0.717, 1.165) is 17.5 Å². The number of ether oxygens (including phenoxy) is 2. The van der Waals surface area contributed by atoms with Crippen LogP contribution in [-0.4, -0.2) is 30.3 Å². The van der Waals surface area contributed by atoms with Crippen LogP contribution in [0.5, 0.6) is 11.5 Å². The summed E-state index contributed by atoms with van der Waals surface area (Å²) in [6.07, 6.45) is 0.812. The van der Waals surface area contributed by atoms with E-state index < -0.39 is 4.84 Å². The van der Waals surface area contributed by atoms with Crippen LogP contribution in [0, 0.1) is 0 Å².